The van der Waals surface area contributed by atoms with Crippen LogP contribution in [0.1, 0.15) is 0 Å². The van der Waals surface area contributed by atoms with Gasteiger partial charge in [-0.15, -0.1) is 0 Å². The fraction of sp³-hybridized carbons (Fsp3) is 0.500. The van der Waals surface area contributed by atoms with Gasteiger partial charge in [0.25, 0.3) is 12.3 Å². The fourth-order valence-corrected chi connectivity index (χ4v) is 0.810. The van der Waals surface area contributed by atoms with Crippen molar-refractivity contribution in [2.45, 2.75) is 18.4 Å². The lowest BCUT2D eigenvalue weighted by Crippen LogP contribution is -2.28. The smallest absolute Gasteiger partial charge is 0.204 e. The molecule has 16 heavy (non-hydrogen) atoms. The van der Waals surface area contributed by atoms with Crippen LogP contribution in [-0.4, -0.2) is 36.7 Å². The molecule has 0 saturated heterocycles. The minimum Gasteiger partial charge on any atom is -0.204 e. The molecule has 8 heteroatoms. The average Bonchev–Trinajstić information content (AvgIpc) is 1.99. The summed E-state index contributed by atoms with van der Waals surface area (Å²) < 4.78 is 73.4. The molecule has 0 aromatic carbocycles. The second kappa shape index (κ2) is 4.55. The third-order valence-corrected chi connectivity index (χ3v) is 1.51. The van der Waals surface area contributed by atoms with Gasteiger partial charge in [-0.2, -0.15) is 26.3 Å². The van der Waals surface area contributed by atoms with Crippen LogP contribution in [0.3, 0.4) is 0 Å². The van der Waals surface area contributed by atoms with Crippen molar-refractivity contribution in [3.8, 4) is 6.57 Å². The normalized spacial score (nSPS) is 15.5. The van der Waals surface area contributed by atoms with E-state index in [4.69, 9.17) is 0 Å². The van der Waals surface area contributed by atoms with Gasteiger partial charge in [-0.1, -0.05) is 4.85 Å². The van der Waals surface area contributed by atoms with Crippen molar-refractivity contribution in [2.75, 3.05) is 7.05 Å². The largest absolute Gasteiger partial charge is 0.477 e. The second-order valence-electron chi connectivity index (χ2n) is 2.88. The quantitative estimate of drug-likeness (QED) is 0.402. The lowest BCUT2D eigenvalue weighted by atomic mass is 10.2. The van der Waals surface area contributed by atoms with Crippen molar-refractivity contribution >= 4 is 6.72 Å². The Hall–Kier alpha value is -1.52. The molecule has 0 fully saturated rings. The lowest BCUT2D eigenvalue weighted by molar-refractivity contribution is -0.467. The van der Waals surface area contributed by atoms with Gasteiger partial charge >= 0.3 is 18.4 Å². The number of hydrogen-bond acceptors (Lipinski definition) is 0. The topological polar surface area (TPSA) is 7.37 Å². The van der Waals surface area contributed by atoms with Crippen molar-refractivity contribution in [1.82, 2.24) is 0 Å². The Balaban J connectivity index is 5.40. The molecule has 0 bridgehead atoms. The van der Waals surface area contributed by atoms with Crippen LogP contribution in [-0.2, 0) is 0 Å². The Morgan fingerprint density at radius 3 is 1.94 bits per heavy atom. The molecule has 0 saturated carbocycles. The molecular weight excluding hydrogens is 238 g/mol. The number of rotatable bonds is 2. The molecule has 0 aromatic heterocycles. The van der Waals surface area contributed by atoms with Crippen molar-refractivity contribution in [1.29, 1.82) is 0 Å². The first kappa shape index (κ1) is 14.5. The van der Waals surface area contributed by atoms with Crippen molar-refractivity contribution in [2.24, 2.45) is 0 Å². The van der Waals surface area contributed by atoms with Gasteiger partial charge < -0.3 is 0 Å². The first-order valence-corrected chi connectivity index (χ1v) is 3.80. The summed E-state index contributed by atoms with van der Waals surface area (Å²) in [7, 11) is 0.864. The maximum atomic E-state index is 12.3. The summed E-state index contributed by atoms with van der Waals surface area (Å²) in [5.74, 6) is 0. The summed E-state index contributed by atoms with van der Waals surface area (Å²) in [6, 6.07) is -2.71. The Morgan fingerprint density at radius 2 is 1.75 bits per heavy atom. The van der Waals surface area contributed by atoms with Crippen molar-refractivity contribution < 1.29 is 30.9 Å². The van der Waals surface area contributed by atoms with E-state index >= 15 is 0 Å². The van der Waals surface area contributed by atoms with Crippen LogP contribution in [0.15, 0.2) is 11.8 Å². The molecule has 1 atom stereocenters. The van der Waals surface area contributed by atoms with E-state index in [9.17, 15) is 26.3 Å². The molecular formula is C8H8F6N2+2. The number of halogens is 6. The maximum Gasteiger partial charge on any atom is 0.477 e. The molecule has 0 aliphatic carbocycles. The third kappa shape index (κ3) is 3.92. The highest BCUT2D eigenvalue weighted by Gasteiger charge is 2.52. The van der Waals surface area contributed by atoms with Gasteiger partial charge in [-0.25, -0.2) is 4.58 Å². The first-order chi connectivity index (χ1) is 7.00. The predicted molar refractivity (Wildman–Crippen MR) is 45.6 cm³/mol. The summed E-state index contributed by atoms with van der Waals surface area (Å²) in [6.45, 7) is 7.27. The Bertz CT molecular complexity index is 343. The van der Waals surface area contributed by atoms with E-state index in [1.165, 1.54) is 0 Å². The van der Waals surface area contributed by atoms with Gasteiger partial charge in [0, 0.05) is 0 Å². The van der Waals surface area contributed by atoms with Crippen molar-refractivity contribution in [3.05, 3.63) is 16.6 Å². The monoisotopic (exact) mass is 246 g/mol. The maximum absolute atomic E-state index is 12.3. The molecule has 2 nitrogen and oxygen atoms in total. The number of allylic oxidation sites excluding steroid dienone is 1. The molecule has 0 amide bonds. The zero-order chi connectivity index (χ0) is 13.1. The van der Waals surface area contributed by atoms with Crippen LogP contribution >= 0.6 is 0 Å². The minimum absolute atomic E-state index is 0.132. The number of nitrogens with zero attached hydrogens (tertiary/aromatic N) is 2. The molecule has 0 N–H and O–H groups in total. The summed E-state index contributed by atoms with van der Waals surface area (Å²) >= 11 is 0. The summed E-state index contributed by atoms with van der Waals surface area (Å²) in [5, 5.41) is 0. The molecule has 0 aliphatic rings. The van der Waals surface area contributed by atoms with Crippen LogP contribution < -0.4 is 0 Å². The van der Waals surface area contributed by atoms with Crippen LogP contribution in [0.5, 0.6) is 0 Å². The van der Waals surface area contributed by atoms with E-state index in [0.717, 1.165) is 7.05 Å². The van der Waals surface area contributed by atoms with E-state index in [0.29, 0.717) is 0 Å². The molecule has 1 unspecified atom stereocenters. The van der Waals surface area contributed by atoms with E-state index in [1.807, 2.05) is 0 Å². The molecule has 0 radical (unpaired) electrons. The molecule has 0 aromatic rings. The highest BCUT2D eigenvalue weighted by molar-refractivity contribution is 5.20. The van der Waals surface area contributed by atoms with Gasteiger partial charge in [-0.3, -0.25) is 0 Å². The Kier molecular flexibility index (Phi) is 4.12. The van der Waals surface area contributed by atoms with Crippen LogP contribution in [0.25, 0.3) is 4.85 Å². The second-order valence-corrected chi connectivity index (χ2v) is 2.88. The molecule has 0 aliphatic heterocycles. The van der Waals surface area contributed by atoms with E-state index < -0.39 is 24.1 Å². The SMILES string of the molecule is C#[N+]C(C=C([N+](=C)C)C(F)(F)F)C(F)(F)F. The highest BCUT2D eigenvalue weighted by Crippen LogP contribution is 2.30. The van der Waals surface area contributed by atoms with Crippen molar-refractivity contribution in [3.63, 3.8) is 0 Å². The lowest BCUT2D eigenvalue weighted by Gasteiger charge is -2.07. The van der Waals surface area contributed by atoms with E-state index in [1.54, 1.807) is 0 Å². The van der Waals surface area contributed by atoms with Crippen LogP contribution in [0.4, 0.5) is 26.3 Å². The molecule has 0 spiro atoms. The third-order valence-electron chi connectivity index (χ3n) is 1.51. The van der Waals surface area contributed by atoms with Gasteiger partial charge in [0.05, 0.1) is 6.08 Å². The zero-order valence-electron chi connectivity index (χ0n) is 8.10. The standard InChI is InChI=1S/C8H8F6N2/c1-15-5(7(9,10)11)4-6(16(2)3)8(12,13)14/h1,4-5H,2H2,3H3/q+2. The van der Waals surface area contributed by atoms with Gasteiger partial charge in [0.15, 0.2) is 0 Å². The average molecular weight is 246 g/mol. The summed E-state index contributed by atoms with van der Waals surface area (Å²) in [4.78, 5) is 2.34. The van der Waals surface area contributed by atoms with Gasteiger partial charge in [-0.05, 0) is 0 Å². The van der Waals surface area contributed by atoms with Gasteiger partial charge in [0.2, 0.25) is 0 Å². The van der Waals surface area contributed by atoms with E-state index in [2.05, 4.69) is 18.1 Å². The Morgan fingerprint density at radius 1 is 1.31 bits per heavy atom. The van der Waals surface area contributed by atoms with Crippen LogP contribution in [0, 0.1) is 6.57 Å². The summed E-state index contributed by atoms with van der Waals surface area (Å²) in [6.07, 6.45) is -10.1. The minimum atomic E-state index is -4.97. The van der Waals surface area contributed by atoms with Crippen LogP contribution in [0.2, 0.25) is 0 Å². The Labute approximate surface area is 87.3 Å². The van der Waals surface area contributed by atoms with E-state index in [-0.39, 0.29) is 10.7 Å². The predicted octanol–water partition coefficient (Wildman–Crippen LogP) is 2.67. The molecule has 90 valence electrons. The number of hydrogen-bond donors (Lipinski definition) is 0. The zero-order valence-corrected chi connectivity index (χ0v) is 8.10. The first-order valence-electron chi connectivity index (χ1n) is 3.80. The molecule has 0 rings (SSSR count). The summed E-state index contributed by atoms with van der Waals surface area (Å²) in [5.41, 5.74) is -1.57. The fourth-order valence-electron chi connectivity index (χ4n) is 0.810. The highest BCUT2D eigenvalue weighted by atomic mass is 19.4. The number of alkyl halides is 6. The van der Waals surface area contributed by atoms with Gasteiger partial charge in [0.1, 0.15) is 13.8 Å². The molecule has 0 heterocycles.